The second-order valence-electron chi connectivity index (χ2n) is 4.82. The maximum absolute atomic E-state index is 13.9. The molecule has 1 heterocycles. The first-order valence-electron chi connectivity index (χ1n) is 6.74. The van der Waals surface area contributed by atoms with Crippen LogP contribution in [0.4, 0.5) is 4.39 Å². The third-order valence-electron chi connectivity index (χ3n) is 3.35. The molecule has 0 saturated heterocycles. The van der Waals surface area contributed by atoms with Crippen LogP contribution >= 0.6 is 15.9 Å². The molecule has 1 aromatic heterocycles. The largest absolute Gasteiger partial charge is 0.453 e. The van der Waals surface area contributed by atoms with Crippen molar-refractivity contribution in [3.63, 3.8) is 0 Å². The molecular formula is C18H10BrFO3. The van der Waals surface area contributed by atoms with E-state index >= 15 is 0 Å². The van der Waals surface area contributed by atoms with Gasteiger partial charge in [0.2, 0.25) is 0 Å². The van der Waals surface area contributed by atoms with E-state index in [9.17, 15) is 14.0 Å². The van der Waals surface area contributed by atoms with E-state index in [1.807, 2.05) is 0 Å². The summed E-state index contributed by atoms with van der Waals surface area (Å²) < 4.78 is 20.0. The molecule has 0 N–H and O–H groups in total. The lowest BCUT2D eigenvalue weighted by Crippen LogP contribution is -2.06. The highest BCUT2D eigenvalue weighted by Gasteiger charge is 2.20. The average Bonchev–Trinajstić information content (AvgIpc) is 3.03. The van der Waals surface area contributed by atoms with Gasteiger partial charge in [-0.2, -0.15) is 0 Å². The van der Waals surface area contributed by atoms with E-state index in [0.717, 1.165) is 0 Å². The Morgan fingerprint density at radius 1 is 1.04 bits per heavy atom. The van der Waals surface area contributed by atoms with Crippen LogP contribution in [0.15, 0.2) is 63.5 Å². The first-order valence-corrected chi connectivity index (χ1v) is 7.53. The molecule has 23 heavy (non-hydrogen) atoms. The van der Waals surface area contributed by atoms with E-state index in [1.54, 1.807) is 30.3 Å². The predicted molar refractivity (Wildman–Crippen MR) is 87.1 cm³/mol. The van der Waals surface area contributed by atoms with Crippen molar-refractivity contribution in [1.29, 1.82) is 0 Å². The maximum atomic E-state index is 13.9. The number of hydrogen-bond acceptors (Lipinski definition) is 3. The first-order chi connectivity index (χ1) is 11.1. The van der Waals surface area contributed by atoms with Crippen LogP contribution < -0.4 is 0 Å². The molecular weight excluding hydrogens is 363 g/mol. The molecule has 0 spiro atoms. The highest BCUT2D eigenvalue weighted by Crippen LogP contribution is 2.30. The van der Waals surface area contributed by atoms with Crippen molar-refractivity contribution in [2.75, 3.05) is 0 Å². The van der Waals surface area contributed by atoms with Gasteiger partial charge in [-0.1, -0.05) is 28.1 Å². The smallest absolute Gasteiger partial charge is 0.196 e. The summed E-state index contributed by atoms with van der Waals surface area (Å²) in [7, 11) is 0. The lowest BCUT2D eigenvalue weighted by Gasteiger charge is -2.08. The Kier molecular flexibility index (Phi) is 4.21. The molecule has 0 unspecified atom stereocenters. The van der Waals surface area contributed by atoms with Crippen LogP contribution in [0.1, 0.15) is 26.5 Å². The molecule has 0 aliphatic carbocycles. The van der Waals surface area contributed by atoms with Gasteiger partial charge >= 0.3 is 0 Å². The quantitative estimate of drug-likeness (QED) is 0.483. The SMILES string of the molecule is O=Cc1ccc(-c2ccc(Br)cc2C(=O)c2ccccc2F)o1. The van der Waals surface area contributed by atoms with Crippen LogP contribution in [0.3, 0.4) is 0 Å². The van der Waals surface area contributed by atoms with Crippen molar-refractivity contribution < 1.29 is 18.4 Å². The van der Waals surface area contributed by atoms with Crippen LogP contribution in [0.5, 0.6) is 0 Å². The zero-order valence-electron chi connectivity index (χ0n) is 11.8. The van der Waals surface area contributed by atoms with Gasteiger partial charge in [0.05, 0.1) is 5.56 Å². The molecule has 0 atom stereocenters. The monoisotopic (exact) mass is 372 g/mol. The van der Waals surface area contributed by atoms with Crippen molar-refractivity contribution in [2.45, 2.75) is 0 Å². The van der Waals surface area contributed by atoms with Crippen molar-refractivity contribution in [1.82, 2.24) is 0 Å². The Bertz CT molecular complexity index is 899. The molecule has 114 valence electrons. The molecule has 0 fully saturated rings. The minimum absolute atomic E-state index is 0.0194. The van der Waals surface area contributed by atoms with E-state index in [4.69, 9.17) is 4.42 Å². The molecule has 0 aliphatic heterocycles. The number of aldehydes is 1. The summed E-state index contributed by atoms with van der Waals surface area (Å²) in [6, 6.07) is 14.0. The molecule has 0 aliphatic rings. The van der Waals surface area contributed by atoms with Gasteiger partial charge in [-0.15, -0.1) is 0 Å². The predicted octanol–water partition coefficient (Wildman–Crippen LogP) is 4.89. The van der Waals surface area contributed by atoms with E-state index in [2.05, 4.69) is 15.9 Å². The lowest BCUT2D eigenvalue weighted by molar-refractivity contribution is 0.103. The molecule has 0 amide bonds. The average molecular weight is 373 g/mol. The number of carbonyl (C=O) groups excluding carboxylic acids is 2. The number of carbonyl (C=O) groups is 2. The zero-order chi connectivity index (χ0) is 16.4. The summed E-state index contributed by atoms with van der Waals surface area (Å²) >= 11 is 3.31. The summed E-state index contributed by atoms with van der Waals surface area (Å²) in [5, 5.41) is 0. The minimum atomic E-state index is -0.587. The molecule has 2 aromatic carbocycles. The summed E-state index contributed by atoms with van der Waals surface area (Å²) in [5.41, 5.74) is 0.764. The van der Waals surface area contributed by atoms with Crippen molar-refractivity contribution in [2.24, 2.45) is 0 Å². The van der Waals surface area contributed by atoms with Crippen LogP contribution in [0.25, 0.3) is 11.3 Å². The molecule has 3 rings (SSSR count). The fourth-order valence-electron chi connectivity index (χ4n) is 2.27. The van der Waals surface area contributed by atoms with Crippen molar-refractivity contribution >= 4 is 28.0 Å². The fraction of sp³-hybridized carbons (Fsp3) is 0. The van der Waals surface area contributed by atoms with Gasteiger partial charge in [0.25, 0.3) is 0 Å². The Balaban J connectivity index is 2.15. The van der Waals surface area contributed by atoms with Gasteiger partial charge in [-0.3, -0.25) is 9.59 Å². The maximum Gasteiger partial charge on any atom is 0.196 e. The van der Waals surface area contributed by atoms with Gasteiger partial charge in [-0.05, 0) is 42.5 Å². The normalized spacial score (nSPS) is 10.5. The third-order valence-corrected chi connectivity index (χ3v) is 3.85. The zero-order valence-corrected chi connectivity index (χ0v) is 13.3. The summed E-state index contributed by atoms with van der Waals surface area (Å²) in [6.45, 7) is 0. The van der Waals surface area contributed by atoms with E-state index < -0.39 is 11.6 Å². The van der Waals surface area contributed by atoms with Gasteiger partial charge in [0.15, 0.2) is 17.8 Å². The molecule has 3 nitrogen and oxygen atoms in total. The summed E-state index contributed by atoms with van der Waals surface area (Å²) in [5.74, 6) is -0.508. The number of ketones is 1. The van der Waals surface area contributed by atoms with Crippen LogP contribution in [0.2, 0.25) is 0 Å². The summed E-state index contributed by atoms with van der Waals surface area (Å²) in [4.78, 5) is 23.5. The van der Waals surface area contributed by atoms with Gasteiger partial charge in [0.1, 0.15) is 11.6 Å². The number of hydrogen-bond donors (Lipinski definition) is 0. The summed E-state index contributed by atoms with van der Waals surface area (Å²) in [6.07, 6.45) is 0.584. The second-order valence-corrected chi connectivity index (χ2v) is 5.73. The van der Waals surface area contributed by atoms with E-state index in [-0.39, 0.29) is 16.9 Å². The van der Waals surface area contributed by atoms with Crippen LogP contribution in [0, 0.1) is 5.82 Å². The Labute approximate surface area is 139 Å². The fourth-order valence-corrected chi connectivity index (χ4v) is 2.63. The van der Waals surface area contributed by atoms with Gasteiger partial charge in [-0.25, -0.2) is 4.39 Å². The number of benzene rings is 2. The Morgan fingerprint density at radius 2 is 1.83 bits per heavy atom. The topological polar surface area (TPSA) is 47.3 Å². The van der Waals surface area contributed by atoms with E-state index in [1.165, 1.54) is 24.3 Å². The molecule has 0 saturated carbocycles. The number of rotatable bonds is 4. The van der Waals surface area contributed by atoms with Gasteiger partial charge in [0, 0.05) is 15.6 Å². The van der Waals surface area contributed by atoms with Crippen LogP contribution in [-0.2, 0) is 0 Å². The molecule has 5 heteroatoms. The number of halogens is 2. The van der Waals surface area contributed by atoms with Crippen molar-refractivity contribution in [3.05, 3.63) is 81.8 Å². The Hall–Kier alpha value is -2.53. The lowest BCUT2D eigenvalue weighted by atomic mass is 9.97. The number of furan rings is 1. The highest BCUT2D eigenvalue weighted by atomic mass is 79.9. The molecule has 0 radical (unpaired) electrons. The molecule has 0 bridgehead atoms. The van der Waals surface area contributed by atoms with Crippen LogP contribution in [-0.4, -0.2) is 12.1 Å². The van der Waals surface area contributed by atoms with E-state index in [0.29, 0.717) is 22.1 Å². The van der Waals surface area contributed by atoms with Gasteiger partial charge < -0.3 is 4.42 Å². The third kappa shape index (κ3) is 3.00. The van der Waals surface area contributed by atoms with Crippen molar-refractivity contribution in [3.8, 4) is 11.3 Å². The standard InChI is InChI=1S/C18H10BrFO3/c19-11-5-7-13(17-8-6-12(10-21)23-17)15(9-11)18(22)14-3-1-2-4-16(14)20/h1-10H. The Morgan fingerprint density at radius 3 is 2.52 bits per heavy atom. The first kappa shape index (κ1) is 15.4. The molecule has 3 aromatic rings. The second kappa shape index (κ2) is 6.30. The highest BCUT2D eigenvalue weighted by molar-refractivity contribution is 9.10. The minimum Gasteiger partial charge on any atom is -0.453 e.